The number of amides is 2. The first-order valence-corrected chi connectivity index (χ1v) is 13.7. The maximum Gasteiger partial charge on any atom is 0.434 e. The Balaban J connectivity index is 1.49. The molecular formula is C26H27F3N8O2S. The van der Waals surface area contributed by atoms with Crippen molar-refractivity contribution in [3.63, 3.8) is 0 Å². The smallest absolute Gasteiger partial charge is 0.419 e. The normalized spacial score (nSPS) is 15.1. The standard InChI is InChI=1S/C26H27F3N8O2S/c1-2-32-25(38)35-20-9-17(24-34-19(13-40-24)26(27,28)29)18(12-33-20)15-8-16(11-31-10-15)22-36-37-23(39-22)21(30)14-6-4-3-5-7-14/h8-14,21H,2-7,30H2,1H3,(H2,32,33,35,38). The zero-order valence-corrected chi connectivity index (χ0v) is 22.3. The third-order valence-electron chi connectivity index (χ3n) is 6.69. The predicted octanol–water partition coefficient (Wildman–Crippen LogP) is 6.06. The summed E-state index contributed by atoms with van der Waals surface area (Å²) >= 11 is 0.834. The van der Waals surface area contributed by atoms with Crippen LogP contribution in [0.2, 0.25) is 0 Å². The number of aromatic nitrogens is 5. The highest BCUT2D eigenvalue weighted by atomic mass is 32.1. The summed E-state index contributed by atoms with van der Waals surface area (Å²) in [7, 11) is 0. The first-order valence-electron chi connectivity index (χ1n) is 12.9. The van der Waals surface area contributed by atoms with E-state index in [1.54, 1.807) is 25.4 Å². The van der Waals surface area contributed by atoms with Crippen LogP contribution in [0.25, 0.3) is 33.2 Å². The molecule has 10 nitrogen and oxygen atoms in total. The molecule has 14 heteroatoms. The summed E-state index contributed by atoms with van der Waals surface area (Å²) in [6.07, 6.45) is 5.44. The fourth-order valence-corrected chi connectivity index (χ4v) is 5.52. The lowest BCUT2D eigenvalue weighted by atomic mass is 9.84. The highest BCUT2D eigenvalue weighted by Crippen LogP contribution is 2.39. The number of alkyl halides is 3. The van der Waals surface area contributed by atoms with E-state index in [1.165, 1.54) is 18.7 Å². The Hall–Kier alpha value is -3.91. The molecule has 1 saturated carbocycles. The summed E-state index contributed by atoms with van der Waals surface area (Å²) in [6.45, 7) is 2.14. The van der Waals surface area contributed by atoms with E-state index in [-0.39, 0.29) is 28.7 Å². The van der Waals surface area contributed by atoms with Gasteiger partial charge in [0.05, 0.1) is 11.6 Å². The summed E-state index contributed by atoms with van der Waals surface area (Å²) in [5.41, 5.74) is 7.26. The van der Waals surface area contributed by atoms with Crippen molar-refractivity contribution in [2.45, 2.75) is 51.2 Å². The van der Waals surface area contributed by atoms with Crippen LogP contribution in [0.5, 0.6) is 0 Å². The first kappa shape index (κ1) is 27.6. The minimum Gasteiger partial charge on any atom is -0.419 e. The fourth-order valence-electron chi connectivity index (χ4n) is 4.66. The highest BCUT2D eigenvalue weighted by Gasteiger charge is 2.34. The number of urea groups is 1. The number of halogens is 3. The van der Waals surface area contributed by atoms with Gasteiger partial charge in [0, 0.05) is 47.2 Å². The van der Waals surface area contributed by atoms with Gasteiger partial charge in [0.1, 0.15) is 10.8 Å². The molecule has 0 bridgehead atoms. The Morgan fingerprint density at radius 1 is 1.12 bits per heavy atom. The molecule has 4 aromatic rings. The molecule has 1 aliphatic rings. The van der Waals surface area contributed by atoms with Crippen LogP contribution in [-0.2, 0) is 6.18 Å². The number of anilines is 1. The molecule has 1 aliphatic carbocycles. The summed E-state index contributed by atoms with van der Waals surface area (Å²) in [5.74, 6) is 1.02. The number of carbonyl (C=O) groups excluding carboxylic acids is 1. The number of rotatable bonds is 7. The Kier molecular flexibility index (Phi) is 8.07. The molecule has 0 aromatic carbocycles. The van der Waals surface area contributed by atoms with Gasteiger partial charge in [0.25, 0.3) is 0 Å². The molecule has 2 amide bonds. The molecule has 4 aromatic heterocycles. The van der Waals surface area contributed by atoms with Crippen LogP contribution < -0.4 is 16.4 Å². The Labute approximate surface area is 231 Å². The average molecular weight is 573 g/mol. The van der Waals surface area contributed by atoms with Crippen molar-refractivity contribution < 1.29 is 22.4 Å². The third kappa shape index (κ3) is 6.12. The van der Waals surface area contributed by atoms with Crippen molar-refractivity contribution in [1.82, 2.24) is 30.5 Å². The number of nitrogens with one attached hydrogen (secondary N) is 2. The lowest BCUT2D eigenvalue weighted by Gasteiger charge is -2.24. The largest absolute Gasteiger partial charge is 0.434 e. The monoisotopic (exact) mass is 572 g/mol. The van der Waals surface area contributed by atoms with E-state index >= 15 is 0 Å². The molecule has 1 fully saturated rings. The molecule has 0 radical (unpaired) electrons. The van der Waals surface area contributed by atoms with E-state index in [2.05, 4.69) is 35.8 Å². The molecule has 4 N–H and O–H groups in total. The van der Waals surface area contributed by atoms with Gasteiger partial charge in [-0.05, 0) is 37.8 Å². The maximum absolute atomic E-state index is 13.3. The predicted molar refractivity (Wildman–Crippen MR) is 143 cm³/mol. The molecule has 210 valence electrons. The maximum atomic E-state index is 13.3. The van der Waals surface area contributed by atoms with E-state index in [0.717, 1.165) is 42.4 Å². The topological polar surface area (TPSA) is 145 Å². The van der Waals surface area contributed by atoms with Gasteiger partial charge >= 0.3 is 12.2 Å². The molecular weight excluding hydrogens is 545 g/mol. The number of carbonyl (C=O) groups is 1. The SMILES string of the molecule is CCNC(=O)Nc1cc(-c2nc(C(F)(F)F)cs2)c(-c2cncc(-c3nnc(C(N)C4CCCCC4)o3)c2)cn1. The molecule has 0 saturated heterocycles. The van der Waals surface area contributed by atoms with Gasteiger partial charge in [-0.1, -0.05) is 19.3 Å². The van der Waals surface area contributed by atoms with Crippen LogP contribution in [-0.4, -0.2) is 37.7 Å². The van der Waals surface area contributed by atoms with Crippen LogP contribution in [0, 0.1) is 5.92 Å². The van der Waals surface area contributed by atoms with Crippen molar-refractivity contribution in [3.8, 4) is 33.2 Å². The molecule has 5 rings (SSSR count). The van der Waals surface area contributed by atoms with E-state index in [1.807, 2.05) is 0 Å². The Morgan fingerprint density at radius 2 is 1.90 bits per heavy atom. The van der Waals surface area contributed by atoms with E-state index in [4.69, 9.17) is 10.2 Å². The highest BCUT2D eigenvalue weighted by molar-refractivity contribution is 7.13. The van der Waals surface area contributed by atoms with E-state index in [9.17, 15) is 18.0 Å². The van der Waals surface area contributed by atoms with E-state index < -0.39 is 17.9 Å². The van der Waals surface area contributed by atoms with E-state index in [0.29, 0.717) is 34.7 Å². The van der Waals surface area contributed by atoms with Gasteiger partial charge in [-0.15, -0.1) is 21.5 Å². The van der Waals surface area contributed by atoms with Gasteiger partial charge in [-0.3, -0.25) is 10.3 Å². The second-order valence-corrected chi connectivity index (χ2v) is 10.3. The summed E-state index contributed by atoms with van der Waals surface area (Å²) in [5, 5.41) is 14.6. The summed E-state index contributed by atoms with van der Waals surface area (Å²) in [6, 6.07) is 2.35. The van der Waals surface area contributed by atoms with Crippen LogP contribution in [0.3, 0.4) is 0 Å². The molecule has 1 unspecified atom stereocenters. The average Bonchev–Trinajstić information content (AvgIpc) is 3.64. The van der Waals surface area contributed by atoms with Crippen molar-refractivity contribution in [1.29, 1.82) is 0 Å². The Morgan fingerprint density at radius 3 is 2.62 bits per heavy atom. The molecule has 40 heavy (non-hydrogen) atoms. The summed E-state index contributed by atoms with van der Waals surface area (Å²) in [4.78, 5) is 24.4. The zero-order valence-electron chi connectivity index (χ0n) is 21.5. The lowest BCUT2D eigenvalue weighted by Crippen LogP contribution is -2.28. The number of nitrogens with zero attached hydrogens (tertiary/aromatic N) is 5. The van der Waals surface area contributed by atoms with Gasteiger partial charge in [-0.25, -0.2) is 14.8 Å². The number of pyridine rings is 2. The summed E-state index contributed by atoms with van der Waals surface area (Å²) < 4.78 is 45.9. The molecule has 0 aliphatic heterocycles. The minimum absolute atomic E-state index is 0.104. The van der Waals surface area contributed by atoms with Crippen LogP contribution in [0.1, 0.15) is 56.7 Å². The molecule has 1 atom stereocenters. The minimum atomic E-state index is -4.60. The van der Waals surface area contributed by atoms with Crippen molar-refractivity contribution in [3.05, 3.63) is 47.7 Å². The van der Waals surface area contributed by atoms with Crippen molar-refractivity contribution >= 4 is 23.2 Å². The van der Waals surface area contributed by atoms with Gasteiger partial charge in [-0.2, -0.15) is 13.2 Å². The van der Waals surface area contributed by atoms with Gasteiger partial charge in [0.2, 0.25) is 11.8 Å². The quantitative estimate of drug-likeness (QED) is 0.242. The van der Waals surface area contributed by atoms with Gasteiger partial charge in [0.15, 0.2) is 5.69 Å². The van der Waals surface area contributed by atoms with Crippen molar-refractivity contribution in [2.75, 3.05) is 11.9 Å². The second-order valence-electron chi connectivity index (χ2n) is 9.47. The lowest BCUT2D eigenvalue weighted by molar-refractivity contribution is -0.140. The van der Waals surface area contributed by atoms with Crippen LogP contribution in [0.4, 0.5) is 23.8 Å². The number of nitrogens with two attached hydrogens (primary N) is 1. The first-order chi connectivity index (χ1) is 19.2. The third-order valence-corrected chi connectivity index (χ3v) is 7.56. The zero-order chi connectivity index (χ0) is 28.3. The van der Waals surface area contributed by atoms with Crippen molar-refractivity contribution in [2.24, 2.45) is 11.7 Å². The van der Waals surface area contributed by atoms with Crippen LogP contribution >= 0.6 is 11.3 Å². The Bertz CT molecular complexity index is 1480. The number of thiazole rings is 1. The van der Waals surface area contributed by atoms with Crippen LogP contribution in [0.15, 0.2) is 40.5 Å². The second kappa shape index (κ2) is 11.7. The number of hydrogen-bond acceptors (Lipinski definition) is 9. The van der Waals surface area contributed by atoms with Gasteiger partial charge < -0.3 is 15.5 Å². The fraction of sp³-hybridized carbons (Fsp3) is 0.385. The number of hydrogen-bond donors (Lipinski definition) is 3. The molecule has 4 heterocycles. The molecule has 0 spiro atoms.